The largest absolute Gasteiger partial charge is 0.497 e. The van der Waals surface area contributed by atoms with Gasteiger partial charge in [0.05, 0.1) is 62.1 Å². The second-order valence-corrected chi connectivity index (χ2v) is 10.6. The Morgan fingerprint density at radius 1 is 1.18 bits per heavy atom. The maximum Gasteiger partial charge on any atom is 0.247 e. The molecule has 44 heavy (non-hydrogen) atoms. The lowest BCUT2D eigenvalue weighted by Gasteiger charge is -2.28. The zero-order valence-corrected chi connectivity index (χ0v) is 25.4. The van der Waals surface area contributed by atoms with Gasteiger partial charge < -0.3 is 39.2 Å². The topological polar surface area (TPSA) is 143 Å². The molecule has 228 valence electrons. The lowest BCUT2D eigenvalue weighted by molar-refractivity contribution is -0.111. The highest BCUT2D eigenvalue weighted by Gasteiger charge is 2.26. The summed E-state index contributed by atoms with van der Waals surface area (Å²) in [5.74, 6) is 1.36. The van der Waals surface area contributed by atoms with E-state index in [0.29, 0.717) is 48.2 Å². The van der Waals surface area contributed by atoms with Crippen LogP contribution < -0.4 is 25.0 Å². The molecule has 3 aromatic heterocycles. The Morgan fingerprint density at radius 3 is 2.61 bits per heavy atom. The van der Waals surface area contributed by atoms with Crippen LogP contribution in [0.1, 0.15) is 11.6 Å². The fourth-order valence-corrected chi connectivity index (χ4v) is 4.84. The van der Waals surface area contributed by atoms with Gasteiger partial charge in [-0.2, -0.15) is 10.2 Å². The monoisotopic (exact) mass is 597 g/mol. The van der Waals surface area contributed by atoms with E-state index in [1.54, 1.807) is 13.2 Å². The molecule has 1 amide bonds. The minimum atomic E-state index is -0.382. The molecule has 13 heteroatoms. The number of ether oxygens (including phenoxy) is 3. The third-order valence-corrected chi connectivity index (χ3v) is 7.31. The third-order valence-electron chi connectivity index (χ3n) is 7.31. The Kier molecular flexibility index (Phi) is 8.94. The number of nitrogens with one attached hydrogen (secondary N) is 2. The Balaban J connectivity index is 1.57. The second kappa shape index (κ2) is 13.0. The number of benzene rings is 1. The van der Waals surface area contributed by atoms with Crippen molar-refractivity contribution < 1.29 is 19.0 Å². The van der Waals surface area contributed by atoms with Crippen LogP contribution in [-0.4, -0.2) is 92.0 Å². The SMILES string of the molecule is C=CC(=O)Nc1cc(Nc2ncc(C#N)c(-c3cn(C4COC4)c4cc(OC)ccc34)n2)c(OC)nc1N(C)CCN(C)C. The van der Waals surface area contributed by atoms with Crippen molar-refractivity contribution in [3.8, 4) is 29.0 Å². The number of carbonyl (C=O) groups is 1. The van der Waals surface area contributed by atoms with E-state index in [1.807, 2.05) is 50.4 Å². The van der Waals surface area contributed by atoms with Gasteiger partial charge in [-0.1, -0.05) is 6.58 Å². The van der Waals surface area contributed by atoms with E-state index in [4.69, 9.17) is 24.2 Å². The third kappa shape index (κ3) is 6.12. The molecule has 1 aliphatic heterocycles. The van der Waals surface area contributed by atoms with E-state index in [1.165, 1.54) is 19.4 Å². The molecule has 0 spiro atoms. The molecule has 4 aromatic rings. The van der Waals surface area contributed by atoms with Crippen LogP contribution in [0.25, 0.3) is 22.2 Å². The van der Waals surface area contributed by atoms with Crippen LogP contribution in [-0.2, 0) is 9.53 Å². The molecule has 1 aromatic carbocycles. The van der Waals surface area contributed by atoms with Crippen molar-refractivity contribution in [2.24, 2.45) is 0 Å². The number of likely N-dealkylation sites (N-methyl/N-ethyl adjacent to an activating group) is 2. The maximum absolute atomic E-state index is 12.3. The quantitative estimate of drug-likeness (QED) is 0.230. The van der Waals surface area contributed by atoms with Crippen LogP contribution in [0.2, 0.25) is 0 Å². The van der Waals surface area contributed by atoms with Crippen molar-refractivity contribution in [2.45, 2.75) is 6.04 Å². The fourth-order valence-electron chi connectivity index (χ4n) is 4.84. The molecule has 0 saturated carbocycles. The number of hydrogen-bond donors (Lipinski definition) is 2. The number of nitrogens with zero attached hydrogens (tertiary/aromatic N) is 7. The minimum Gasteiger partial charge on any atom is -0.497 e. The van der Waals surface area contributed by atoms with Crippen LogP contribution >= 0.6 is 0 Å². The van der Waals surface area contributed by atoms with Gasteiger partial charge in [-0.15, -0.1) is 0 Å². The summed E-state index contributed by atoms with van der Waals surface area (Å²) in [4.78, 5) is 30.2. The minimum absolute atomic E-state index is 0.164. The molecule has 0 unspecified atom stereocenters. The van der Waals surface area contributed by atoms with Crippen molar-refractivity contribution >= 4 is 40.0 Å². The molecule has 1 fully saturated rings. The molecule has 13 nitrogen and oxygen atoms in total. The first-order valence-electron chi connectivity index (χ1n) is 13.9. The fraction of sp³-hybridized carbons (Fsp3) is 0.323. The van der Waals surface area contributed by atoms with E-state index in [-0.39, 0.29) is 23.8 Å². The molecule has 2 N–H and O–H groups in total. The standard InChI is InChI=1S/C31H35N9O4/c1-7-27(41)34-24-13-25(30(43-6)37-29(24)39(4)11-10-38(2)3)35-31-33-15-19(14-32)28(36-31)23-16-40(20-17-44-18-20)26-12-21(42-5)8-9-22(23)26/h7-9,12-13,15-16,20H,1,10-11,17-18H2,2-6H3,(H,34,41)(H,33,35,36). The normalized spacial score (nSPS) is 12.8. The lowest BCUT2D eigenvalue weighted by atomic mass is 10.1. The van der Waals surface area contributed by atoms with Crippen molar-refractivity contribution in [2.75, 3.05) is 77.2 Å². The Labute approximate surface area is 255 Å². The highest BCUT2D eigenvalue weighted by atomic mass is 16.5. The van der Waals surface area contributed by atoms with E-state index in [0.717, 1.165) is 28.8 Å². The molecule has 4 heterocycles. The number of aromatic nitrogens is 4. The molecular formula is C31H35N9O4. The van der Waals surface area contributed by atoms with Crippen LogP contribution in [0.5, 0.6) is 11.6 Å². The van der Waals surface area contributed by atoms with Crippen LogP contribution in [0.3, 0.4) is 0 Å². The van der Waals surface area contributed by atoms with Crippen LogP contribution in [0, 0.1) is 11.3 Å². The Bertz CT molecular complexity index is 1740. The number of amides is 1. The van der Waals surface area contributed by atoms with E-state index < -0.39 is 0 Å². The second-order valence-electron chi connectivity index (χ2n) is 10.6. The summed E-state index contributed by atoms with van der Waals surface area (Å²) in [5.41, 5.74) is 3.38. The number of carbonyl (C=O) groups excluding carboxylic acids is 1. The average molecular weight is 598 g/mol. The van der Waals surface area contributed by atoms with Gasteiger partial charge >= 0.3 is 0 Å². The molecule has 0 bridgehead atoms. The van der Waals surface area contributed by atoms with Gasteiger partial charge in [0.15, 0.2) is 5.82 Å². The molecule has 0 atom stereocenters. The number of anilines is 4. The van der Waals surface area contributed by atoms with Crippen LogP contribution in [0.4, 0.5) is 23.1 Å². The first-order chi connectivity index (χ1) is 21.3. The van der Waals surface area contributed by atoms with E-state index >= 15 is 0 Å². The first kappa shape index (κ1) is 30.3. The van der Waals surface area contributed by atoms with Crippen molar-refractivity contribution in [1.29, 1.82) is 5.26 Å². The van der Waals surface area contributed by atoms with Gasteiger partial charge in [-0.3, -0.25) is 4.79 Å². The highest BCUT2D eigenvalue weighted by Crippen LogP contribution is 2.38. The number of pyridine rings is 1. The van der Waals surface area contributed by atoms with Crippen LogP contribution in [0.15, 0.2) is 49.3 Å². The summed E-state index contributed by atoms with van der Waals surface area (Å²) < 4.78 is 18.7. The molecular weight excluding hydrogens is 562 g/mol. The summed E-state index contributed by atoms with van der Waals surface area (Å²) in [6.45, 7) is 6.19. The smallest absolute Gasteiger partial charge is 0.247 e. The number of hydrogen-bond acceptors (Lipinski definition) is 11. The highest BCUT2D eigenvalue weighted by molar-refractivity contribution is 6.01. The Morgan fingerprint density at radius 2 is 1.98 bits per heavy atom. The lowest BCUT2D eigenvalue weighted by Crippen LogP contribution is -2.30. The van der Waals surface area contributed by atoms with Gasteiger partial charge in [-0.05, 0) is 38.4 Å². The predicted octanol–water partition coefficient (Wildman–Crippen LogP) is 3.82. The van der Waals surface area contributed by atoms with Gasteiger partial charge in [0.25, 0.3) is 0 Å². The molecule has 5 rings (SSSR count). The number of rotatable bonds is 12. The number of methoxy groups -OCH3 is 2. The van der Waals surface area contributed by atoms with Gasteiger partial charge in [0, 0.05) is 43.4 Å². The molecule has 0 aliphatic carbocycles. The van der Waals surface area contributed by atoms with Crippen molar-refractivity contribution in [3.63, 3.8) is 0 Å². The van der Waals surface area contributed by atoms with E-state index in [9.17, 15) is 10.1 Å². The summed E-state index contributed by atoms with van der Waals surface area (Å²) in [7, 11) is 9.00. The van der Waals surface area contributed by atoms with Crippen molar-refractivity contribution in [3.05, 3.63) is 54.9 Å². The number of fused-ring (bicyclic) bond motifs is 1. The molecule has 1 saturated heterocycles. The van der Waals surface area contributed by atoms with Gasteiger partial charge in [0.2, 0.25) is 17.7 Å². The predicted molar refractivity (Wildman–Crippen MR) is 169 cm³/mol. The average Bonchev–Trinajstić information content (AvgIpc) is 3.36. The Hall–Kier alpha value is -5.19. The maximum atomic E-state index is 12.3. The molecule has 1 aliphatic rings. The number of nitriles is 1. The summed E-state index contributed by atoms with van der Waals surface area (Å²) in [6.07, 6.45) is 4.67. The summed E-state index contributed by atoms with van der Waals surface area (Å²) in [6, 6.07) is 9.91. The first-order valence-corrected chi connectivity index (χ1v) is 13.9. The van der Waals surface area contributed by atoms with Crippen molar-refractivity contribution in [1.82, 2.24) is 24.4 Å². The molecule has 0 radical (unpaired) electrons. The summed E-state index contributed by atoms with van der Waals surface area (Å²) >= 11 is 0. The van der Waals surface area contributed by atoms with E-state index in [2.05, 4.69) is 37.7 Å². The zero-order valence-electron chi connectivity index (χ0n) is 25.4. The van der Waals surface area contributed by atoms with Gasteiger partial charge in [0.1, 0.15) is 17.5 Å². The van der Waals surface area contributed by atoms with Gasteiger partial charge in [-0.25, -0.2) is 9.97 Å². The zero-order chi connectivity index (χ0) is 31.4. The summed E-state index contributed by atoms with van der Waals surface area (Å²) in [5, 5.41) is 16.9.